The van der Waals surface area contributed by atoms with Crippen molar-refractivity contribution in [3.63, 3.8) is 0 Å². The molecule has 0 saturated carbocycles. The Kier molecular flexibility index (Phi) is 66.4. The Balaban J connectivity index is -0.00000179. The summed E-state index contributed by atoms with van der Waals surface area (Å²) in [6.07, 6.45) is 40.4. The number of carbonyl (C=O) groups excluding carboxylic acids is 2. The van der Waals surface area contributed by atoms with E-state index in [-0.39, 0.29) is 55.5 Å². The Hall–Kier alpha value is -0.378. The van der Waals surface area contributed by atoms with E-state index in [1.807, 2.05) is 4.90 Å². The number of amides is 1. The van der Waals surface area contributed by atoms with E-state index in [0.29, 0.717) is 78.0 Å². The van der Waals surface area contributed by atoms with Crippen LogP contribution in [0.25, 0.3) is 0 Å². The van der Waals surface area contributed by atoms with E-state index in [2.05, 4.69) is 48.5 Å². The van der Waals surface area contributed by atoms with Gasteiger partial charge in [-0.3, -0.25) is 11.2 Å². The maximum atomic E-state index is 13.0. The quantitative estimate of drug-likeness (QED) is 0.0361. The van der Waals surface area contributed by atoms with Gasteiger partial charge in [0.15, 0.2) is 0 Å². The van der Waals surface area contributed by atoms with Crippen LogP contribution in [0.3, 0.4) is 0 Å². The average Bonchev–Trinajstić information content (AvgIpc) is 3.35. The van der Waals surface area contributed by atoms with E-state index < -0.39 is 0 Å². The fourth-order valence-corrected chi connectivity index (χ4v) is 8.34. The predicted octanol–water partition coefficient (Wildman–Crippen LogP) is 15.1. The molecule has 3 atom stereocenters. The van der Waals surface area contributed by atoms with Crippen molar-refractivity contribution in [3.05, 3.63) is 13.3 Å². The number of aliphatic hydroxyl groups excluding tert-OH is 1. The molecule has 0 saturated heterocycles. The van der Waals surface area contributed by atoms with Gasteiger partial charge in [0.05, 0.1) is 57.6 Å². The van der Waals surface area contributed by atoms with E-state index in [4.69, 9.17) is 33.5 Å². The van der Waals surface area contributed by atoms with Crippen LogP contribution in [-0.4, -0.2) is 114 Å². The molecule has 0 aliphatic heterocycles. The van der Waals surface area contributed by atoms with Crippen molar-refractivity contribution in [2.75, 3.05) is 85.8 Å². The number of esters is 1. The zero-order chi connectivity index (χ0) is 50.9. The average molecular weight is 1220 g/mol. The number of aliphatic hydroxyl groups is 1. The molecule has 0 aromatic carbocycles. The van der Waals surface area contributed by atoms with E-state index in [9.17, 15) is 9.59 Å². The molecule has 0 bridgehead atoms. The first kappa shape index (κ1) is 73.9. The van der Waals surface area contributed by atoms with Crippen LogP contribution >= 0.6 is 0 Å². The molecule has 0 radical (unpaired) electrons. The largest absolute Gasteiger partial charge is 2.00 e. The SMILES string of the molecule is CCCCCCCCN(CCOCCOCCOCCCCCO)C(=O)[CH-]COCCCCCCOC(C)C(CCCC)CCCCCC.[CH2-]CCCCCOC(=O)C(CCCC)CCCCCC.[U+2]. The second kappa shape index (κ2) is 62.9. The van der Waals surface area contributed by atoms with Crippen molar-refractivity contribution in [2.24, 2.45) is 11.8 Å². The number of carbonyl (C=O) groups is 2. The number of hydrogen-bond donors (Lipinski definition) is 1. The topological polar surface area (TPSA) is 113 Å². The number of unbranched alkanes of at least 4 members (excludes halogenated alkanes) is 21. The fourth-order valence-electron chi connectivity index (χ4n) is 8.34. The van der Waals surface area contributed by atoms with Crippen LogP contribution in [0.1, 0.15) is 253 Å². The molecule has 1 N–H and O–H groups in total. The molecule has 0 aromatic heterocycles. The third-order valence-corrected chi connectivity index (χ3v) is 13.0. The van der Waals surface area contributed by atoms with Gasteiger partial charge in [-0.15, -0.1) is 0 Å². The maximum absolute atomic E-state index is 13.0. The van der Waals surface area contributed by atoms with Crippen molar-refractivity contribution >= 4 is 11.9 Å². The van der Waals surface area contributed by atoms with Crippen molar-refractivity contribution in [2.45, 2.75) is 260 Å². The summed E-state index contributed by atoms with van der Waals surface area (Å²) in [7, 11) is 0. The molecule has 1 amide bonds. The zero-order valence-electron chi connectivity index (χ0n) is 47.2. The van der Waals surface area contributed by atoms with Gasteiger partial charge in [0.25, 0.3) is 0 Å². The first-order valence-electron chi connectivity index (χ1n) is 29.5. The molecule has 70 heavy (non-hydrogen) atoms. The standard InChI is InChI=1S/C41H82NO7.C18H35O2.U/c1-5-8-11-13-14-19-27-42(28-34-47-36-38-48-37-35-46-31-22-17-20-29-43)41(44)26-33-45-30-21-15-16-23-32-49-39(4)40(24-10-7-3)25-18-12-9-6-2;1-4-7-10-12-15-17(14-9-6-3)18(19)20-16-13-11-8-5-2;/h26,39-40,43H,5-25,27-38H2,1-4H3;17H,2,4-16H2,1,3H3;/q2*-1;+2. The van der Waals surface area contributed by atoms with Gasteiger partial charge in [-0.2, -0.15) is 6.42 Å². The summed E-state index contributed by atoms with van der Waals surface area (Å²) >= 11 is 0. The summed E-state index contributed by atoms with van der Waals surface area (Å²) in [5.74, 6) is 0.927. The zero-order valence-corrected chi connectivity index (χ0v) is 51.4. The second-order valence-corrected chi connectivity index (χ2v) is 19.5. The molecule has 0 aliphatic rings. The van der Waals surface area contributed by atoms with Crippen LogP contribution in [0.4, 0.5) is 0 Å². The van der Waals surface area contributed by atoms with Gasteiger partial charge in [0.1, 0.15) is 0 Å². The minimum absolute atomic E-state index is 0. The maximum Gasteiger partial charge on any atom is 2.00 e. The Morgan fingerprint density at radius 3 is 1.57 bits per heavy atom. The molecular weight excluding hydrogens is 1100 g/mol. The second-order valence-electron chi connectivity index (χ2n) is 19.5. The van der Waals surface area contributed by atoms with Gasteiger partial charge in [-0.1, -0.05) is 176 Å². The van der Waals surface area contributed by atoms with Crippen LogP contribution in [0.2, 0.25) is 0 Å². The Morgan fingerprint density at radius 1 is 0.486 bits per heavy atom. The minimum atomic E-state index is 0. The van der Waals surface area contributed by atoms with E-state index in [1.165, 1.54) is 103 Å². The molecule has 0 rings (SSSR count). The van der Waals surface area contributed by atoms with Gasteiger partial charge in [0.2, 0.25) is 0 Å². The molecule has 10 nitrogen and oxygen atoms in total. The molecule has 11 heteroatoms. The summed E-state index contributed by atoms with van der Waals surface area (Å²) < 4.78 is 34.4. The number of ether oxygens (including phenoxy) is 6. The smallest absolute Gasteiger partial charge is 0.465 e. The Bertz CT molecular complexity index is 1010. The van der Waals surface area contributed by atoms with Gasteiger partial charge in [-0.05, 0) is 83.5 Å². The third kappa shape index (κ3) is 53.9. The van der Waals surface area contributed by atoms with Crippen LogP contribution in [-0.2, 0) is 38.0 Å². The third-order valence-electron chi connectivity index (χ3n) is 13.0. The monoisotopic (exact) mass is 1220 g/mol. The molecule has 0 heterocycles. The molecule has 0 aliphatic carbocycles. The molecule has 416 valence electrons. The fraction of sp³-hybridized carbons (Fsp3) is 0.932. The van der Waals surface area contributed by atoms with Gasteiger partial charge in [0, 0.05) is 39.5 Å². The minimum Gasteiger partial charge on any atom is -0.465 e. The van der Waals surface area contributed by atoms with Crippen molar-refractivity contribution in [1.82, 2.24) is 4.90 Å². The van der Waals surface area contributed by atoms with Crippen molar-refractivity contribution in [1.29, 1.82) is 0 Å². The van der Waals surface area contributed by atoms with Crippen LogP contribution < -0.4 is 0 Å². The number of hydrogen-bond acceptors (Lipinski definition) is 9. The normalized spacial score (nSPS) is 12.5. The molecule has 0 aromatic rings. The summed E-state index contributed by atoms with van der Waals surface area (Å²) in [5.41, 5.74) is 0. The van der Waals surface area contributed by atoms with Crippen LogP contribution in [0, 0.1) is 56.3 Å². The molecule has 0 spiro atoms. The van der Waals surface area contributed by atoms with E-state index in [0.717, 1.165) is 122 Å². The van der Waals surface area contributed by atoms with Gasteiger partial charge >= 0.3 is 37.1 Å². The van der Waals surface area contributed by atoms with Crippen LogP contribution in [0.15, 0.2) is 0 Å². The Morgan fingerprint density at radius 2 is 0.943 bits per heavy atom. The summed E-state index contributed by atoms with van der Waals surface area (Å²) in [4.78, 5) is 27.0. The number of rotatable bonds is 55. The van der Waals surface area contributed by atoms with Gasteiger partial charge in [-0.25, -0.2) is 0 Å². The molecule has 3 unspecified atom stereocenters. The summed E-state index contributed by atoms with van der Waals surface area (Å²) in [6.45, 7) is 24.7. The van der Waals surface area contributed by atoms with Crippen LogP contribution in [0.5, 0.6) is 0 Å². The van der Waals surface area contributed by atoms with Crippen molar-refractivity contribution in [3.8, 4) is 0 Å². The first-order valence-corrected chi connectivity index (χ1v) is 29.5. The summed E-state index contributed by atoms with van der Waals surface area (Å²) in [5, 5.41) is 8.80. The van der Waals surface area contributed by atoms with Crippen molar-refractivity contribution < 1.29 is 74.2 Å². The van der Waals surface area contributed by atoms with E-state index >= 15 is 0 Å². The number of nitrogens with zero attached hydrogens (tertiary/aromatic N) is 1. The molecular formula is C59H117NO9U. The van der Waals surface area contributed by atoms with Gasteiger partial charge < -0.3 is 50.1 Å². The first-order chi connectivity index (χ1) is 33.9. The predicted molar refractivity (Wildman–Crippen MR) is 291 cm³/mol. The summed E-state index contributed by atoms with van der Waals surface area (Å²) in [6, 6.07) is 0. The van der Waals surface area contributed by atoms with E-state index in [1.54, 1.807) is 6.42 Å². The Labute approximate surface area is 458 Å². The molecule has 0 fully saturated rings.